The Morgan fingerprint density at radius 3 is 2.57 bits per heavy atom. The zero-order valence-corrected chi connectivity index (χ0v) is 15.1. The molecule has 1 fully saturated rings. The van der Waals surface area contributed by atoms with E-state index in [4.69, 9.17) is 4.42 Å². The summed E-state index contributed by atoms with van der Waals surface area (Å²) in [6, 6.07) is 0. The van der Waals surface area contributed by atoms with Gasteiger partial charge in [0, 0.05) is 19.9 Å². The predicted molar refractivity (Wildman–Crippen MR) is 92.1 cm³/mol. The second-order valence-electron chi connectivity index (χ2n) is 7.84. The lowest BCUT2D eigenvalue weighted by atomic mass is 9.69. The van der Waals surface area contributed by atoms with Gasteiger partial charge in [-0.1, -0.05) is 25.5 Å². The lowest BCUT2D eigenvalue weighted by molar-refractivity contribution is 0.175. The molecule has 0 saturated carbocycles. The molecule has 1 aromatic rings. The fourth-order valence-corrected chi connectivity index (χ4v) is 4.38. The maximum absolute atomic E-state index is 5.61. The summed E-state index contributed by atoms with van der Waals surface area (Å²) in [5, 5.41) is 8.17. The molecular weight excluding hydrogens is 286 g/mol. The monoisotopic (exact) mass is 317 g/mol. The Balaban J connectivity index is 1.71. The minimum atomic E-state index is 0.553. The molecule has 4 heteroatoms. The predicted octanol–water partition coefficient (Wildman–Crippen LogP) is 3.87. The van der Waals surface area contributed by atoms with Crippen LogP contribution in [-0.4, -0.2) is 34.7 Å². The quantitative estimate of drug-likeness (QED) is 0.773. The Hall–Kier alpha value is -1.16. The normalized spacial score (nSPS) is 29.3. The van der Waals surface area contributed by atoms with Gasteiger partial charge in [0.05, 0.1) is 0 Å². The van der Waals surface area contributed by atoms with Crippen molar-refractivity contribution in [1.29, 1.82) is 0 Å². The zero-order chi connectivity index (χ0) is 16.4. The van der Waals surface area contributed by atoms with Crippen molar-refractivity contribution in [1.82, 2.24) is 15.1 Å². The molecule has 128 valence electrons. The first-order chi connectivity index (χ1) is 11.0. The summed E-state index contributed by atoms with van der Waals surface area (Å²) >= 11 is 0. The van der Waals surface area contributed by atoms with Gasteiger partial charge in [-0.15, -0.1) is 10.2 Å². The van der Waals surface area contributed by atoms with Crippen LogP contribution >= 0.6 is 0 Å². The summed E-state index contributed by atoms with van der Waals surface area (Å²) in [5.41, 5.74) is 1.52. The topological polar surface area (TPSA) is 42.2 Å². The van der Waals surface area contributed by atoms with Crippen molar-refractivity contribution in [3.05, 3.63) is 23.4 Å². The van der Waals surface area contributed by atoms with Gasteiger partial charge in [-0.25, -0.2) is 0 Å². The third-order valence-corrected chi connectivity index (χ3v) is 5.74. The Morgan fingerprint density at radius 2 is 1.96 bits per heavy atom. The van der Waals surface area contributed by atoms with Gasteiger partial charge in [-0.2, -0.15) is 0 Å². The molecular formula is C19H31N3O. The fraction of sp³-hybridized carbons (Fsp3) is 0.789. The summed E-state index contributed by atoms with van der Waals surface area (Å²) in [4.78, 5) is 2.66. The van der Waals surface area contributed by atoms with Crippen LogP contribution in [0.1, 0.15) is 51.8 Å². The highest BCUT2D eigenvalue weighted by Crippen LogP contribution is 2.39. The maximum atomic E-state index is 5.61. The Kier molecular flexibility index (Phi) is 5.20. The zero-order valence-electron chi connectivity index (χ0n) is 15.1. The largest absolute Gasteiger partial charge is 0.426 e. The van der Waals surface area contributed by atoms with Gasteiger partial charge in [-0.3, -0.25) is 0 Å². The van der Waals surface area contributed by atoms with Gasteiger partial charge in [0.1, 0.15) is 0 Å². The number of hydrogen-bond donors (Lipinski definition) is 0. The van der Waals surface area contributed by atoms with Crippen LogP contribution in [-0.2, 0) is 6.42 Å². The van der Waals surface area contributed by atoms with Crippen LogP contribution in [0.5, 0.6) is 0 Å². The second-order valence-corrected chi connectivity index (χ2v) is 7.84. The minimum absolute atomic E-state index is 0.553. The molecule has 0 amide bonds. The van der Waals surface area contributed by atoms with E-state index < -0.39 is 0 Å². The van der Waals surface area contributed by atoms with E-state index in [9.17, 15) is 0 Å². The summed E-state index contributed by atoms with van der Waals surface area (Å²) in [5.74, 6) is 4.20. The van der Waals surface area contributed by atoms with E-state index in [-0.39, 0.29) is 0 Å². The molecule has 1 aromatic heterocycles. The molecule has 1 aliphatic heterocycles. The Morgan fingerprint density at radius 1 is 1.22 bits per heavy atom. The van der Waals surface area contributed by atoms with E-state index in [1.165, 1.54) is 44.5 Å². The average Bonchev–Trinajstić information content (AvgIpc) is 3.13. The number of aromatic nitrogens is 2. The molecule has 0 N–H and O–H groups in total. The van der Waals surface area contributed by atoms with Crippen LogP contribution < -0.4 is 0 Å². The highest BCUT2D eigenvalue weighted by atomic mass is 16.4. The molecule has 2 aliphatic rings. The standard InChI is InChI=1S/C19H31N3O/c1-13(2)18-10-16(11-19-21-20-15(4)23-19)14(3)9-17(18)12-22-7-5-6-8-22/h9,13,16-18H,5-8,10-12H2,1-4H3/t16-,17+,18+/m1/s1. The van der Waals surface area contributed by atoms with Crippen LogP contribution in [0.2, 0.25) is 0 Å². The van der Waals surface area contributed by atoms with Crippen molar-refractivity contribution < 1.29 is 4.42 Å². The summed E-state index contributed by atoms with van der Waals surface area (Å²) in [6.45, 7) is 12.7. The van der Waals surface area contributed by atoms with Gasteiger partial charge in [0.25, 0.3) is 0 Å². The van der Waals surface area contributed by atoms with Crippen LogP contribution in [0.25, 0.3) is 0 Å². The highest BCUT2D eigenvalue weighted by Gasteiger charge is 2.33. The van der Waals surface area contributed by atoms with Gasteiger partial charge in [0.15, 0.2) is 0 Å². The molecule has 3 rings (SSSR count). The minimum Gasteiger partial charge on any atom is -0.426 e. The van der Waals surface area contributed by atoms with Gasteiger partial charge in [-0.05, 0) is 62.9 Å². The maximum Gasteiger partial charge on any atom is 0.217 e. The summed E-state index contributed by atoms with van der Waals surface area (Å²) in [7, 11) is 0. The lowest BCUT2D eigenvalue weighted by Crippen LogP contribution is -2.36. The van der Waals surface area contributed by atoms with E-state index in [0.29, 0.717) is 17.7 Å². The average molecular weight is 317 g/mol. The summed E-state index contributed by atoms with van der Waals surface area (Å²) in [6.07, 6.45) is 7.45. The number of rotatable bonds is 5. The first kappa shape index (κ1) is 16.7. The summed E-state index contributed by atoms with van der Waals surface area (Å²) < 4.78 is 5.61. The molecule has 4 nitrogen and oxygen atoms in total. The van der Waals surface area contributed by atoms with Crippen molar-refractivity contribution in [2.45, 2.75) is 53.4 Å². The van der Waals surface area contributed by atoms with Crippen molar-refractivity contribution in [2.75, 3.05) is 19.6 Å². The van der Waals surface area contributed by atoms with Crippen LogP contribution in [0.3, 0.4) is 0 Å². The van der Waals surface area contributed by atoms with E-state index in [1.807, 2.05) is 6.92 Å². The van der Waals surface area contributed by atoms with Crippen molar-refractivity contribution in [3.8, 4) is 0 Å². The Bertz CT molecular complexity index is 543. The first-order valence-electron chi connectivity index (χ1n) is 9.22. The van der Waals surface area contributed by atoms with E-state index in [0.717, 1.165) is 24.1 Å². The highest BCUT2D eigenvalue weighted by molar-refractivity contribution is 5.14. The molecule has 0 aromatic carbocycles. The van der Waals surface area contributed by atoms with Gasteiger partial charge in [0.2, 0.25) is 11.8 Å². The molecule has 0 unspecified atom stereocenters. The number of nitrogens with zero attached hydrogens (tertiary/aromatic N) is 3. The van der Waals surface area contributed by atoms with E-state index >= 15 is 0 Å². The third-order valence-electron chi connectivity index (χ3n) is 5.74. The van der Waals surface area contributed by atoms with Gasteiger partial charge < -0.3 is 9.32 Å². The second kappa shape index (κ2) is 7.16. The number of aryl methyl sites for hydroxylation is 1. The van der Waals surface area contributed by atoms with Crippen molar-refractivity contribution in [3.63, 3.8) is 0 Å². The molecule has 0 radical (unpaired) electrons. The molecule has 23 heavy (non-hydrogen) atoms. The van der Waals surface area contributed by atoms with E-state index in [2.05, 4.69) is 41.9 Å². The number of hydrogen-bond acceptors (Lipinski definition) is 4. The molecule has 3 atom stereocenters. The smallest absolute Gasteiger partial charge is 0.217 e. The molecule has 0 bridgehead atoms. The molecule has 1 aliphatic carbocycles. The van der Waals surface area contributed by atoms with Crippen LogP contribution in [0.15, 0.2) is 16.1 Å². The molecule has 0 spiro atoms. The Labute approximate surface area is 140 Å². The number of likely N-dealkylation sites (tertiary alicyclic amines) is 1. The van der Waals surface area contributed by atoms with Crippen LogP contribution in [0.4, 0.5) is 0 Å². The van der Waals surface area contributed by atoms with Gasteiger partial charge >= 0.3 is 0 Å². The number of allylic oxidation sites excluding steroid dienone is 1. The molecule has 2 heterocycles. The van der Waals surface area contributed by atoms with Crippen LogP contribution in [0, 0.1) is 30.6 Å². The van der Waals surface area contributed by atoms with Crippen molar-refractivity contribution in [2.24, 2.45) is 23.7 Å². The SMILES string of the molecule is CC1=C[C@@H](CN2CCCC2)[C@H](C(C)C)C[C@@H]1Cc1nnc(C)o1. The van der Waals surface area contributed by atoms with Crippen molar-refractivity contribution >= 4 is 0 Å². The lowest BCUT2D eigenvalue weighted by Gasteiger charge is -2.38. The molecule has 1 saturated heterocycles. The van der Waals surface area contributed by atoms with E-state index in [1.54, 1.807) is 0 Å². The fourth-order valence-electron chi connectivity index (χ4n) is 4.38. The first-order valence-corrected chi connectivity index (χ1v) is 9.22. The third kappa shape index (κ3) is 4.03.